The molecule has 3 heterocycles. The molecule has 112 heavy (non-hydrogen) atoms. The van der Waals surface area contributed by atoms with Crippen molar-refractivity contribution < 1.29 is 63.3 Å². The number of amides is 9. The molecular weight excluding hydrogens is 1440 g/mol. The molecule has 35 heteroatoms. The van der Waals surface area contributed by atoms with Crippen LogP contribution in [0.3, 0.4) is 0 Å². The van der Waals surface area contributed by atoms with E-state index >= 15 is 14.4 Å². The second kappa shape index (κ2) is 41.6. The van der Waals surface area contributed by atoms with E-state index in [1.54, 1.807) is 128 Å². The average molecular weight is 1540 g/mol. The Morgan fingerprint density at radius 3 is 0.973 bits per heavy atom. The first-order valence-corrected chi connectivity index (χ1v) is 36.7. The van der Waals surface area contributed by atoms with Gasteiger partial charge in [0.1, 0.15) is 48.3 Å². The smallest absolute Gasteiger partial charge is 0.328 e. The average Bonchev–Trinajstić information content (AvgIpc) is 1.65. The zero-order valence-corrected chi connectivity index (χ0v) is 62.0. The first kappa shape index (κ1) is 84.7. The zero-order valence-electron chi connectivity index (χ0n) is 62.0. The van der Waals surface area contributed by atoms with Crippen LogP contribution in [0, 0.1) is 16.2 Å². The highest BCUT2D eigenvalue weighted by Crippen LogP contribution is 2.23. The third kappa shape index (κ3) is 25.3. The number of para-hydroxylation sites is 3. The topological polar surface area (TPSA) is 599 Å². The molecule has 0 spiro atoms. The maximum atomic E-state index is 15.2. The van der Waals surface area contributed by atoms with E-state index in [1.807, 2.05) is 24.3 Å². The summed E-state index contributed by atoms with van der Waals surface area (Å²) in [6.07, 6.45) is 0.601. The normalized spacial score (nSPS) is 14.4. The van der Waals surface area contributed by atoms with Crippen LogP contribution in [0.15, 0.2) is 152 Å². The molecule has 0 saturated heterocycles. The fraction of sp³-hybridized carbons (Fsp3) is 0.364. The fourth-order valence-electron chi connectivity index (χ4n) is 12.8. The molecule has 0 aliphatic heterocycles. The number of aliphatic hydroxyl groups excluding tert-OH is 2. The van der Waals surface area contributed by atoms with Gasteiger partial charge in [-0.2, -0.15) is 0 Å². The zero-order chi connectivity index (χ0) is 81.0. The number of aliphatic carboxylic acids is 1. The minimum absolute atomic E-state index is 0.0127. The second-order valence-electron chi connectivity index (χ2n) is 27.3. The van der Waals surface area contributed by atoms with Crippen LogP contribution in [-0.2, 0) is 80.0 Å². The van der Waals surface area contributed by atoms with E-state index in [4.69, 9.17) is 39.2 Å². The van der Waals surface area contributed by atoms with Crippen LogP contribution in [0.5, 0.6) is 0 Å². The molecule has 3 aromatic heterocycles. The number of guanidine groups is 3. The second-order valence-corrected chi connectivity index (χ2v) is 27.3. The lowest BCUT2D eigenvalue weighted by Crippen LogP contribution is -2.62. The lowest BCUT2D eigenvalue weighted by molar-refractivity contribution is -0.145. The Morgan fingerprint density at radius 1 is 0.357 bits per heavy atom. The number of hydrogen-bond donors (Lipinski definition) is 25. The van der Waals surface area contributed by atoms with E-state index < -0.39 is 144 Å². The Kier molecular flexibility index (Phi) is 31.5. The quantitative estimate of drug-likeness (QED) is 0.0123. The number of carboxylic acids is 1. The molecule has 8 aromatic rings. The van der Waals surface area contributed by atoms with Gasteiger partial charge in [0.25, 0.3) is 0 Å². The van der Waals surface area contributed by atoms with E-state index in [-0.39, 0.29) is 96.2 Å². The molecule has 0 unspecified atom stereocenters. The van der Waals surface area contributed by atoms with Crippen molar-refractivity contribution in [1.29, 1.82) is 16.2 Å². The number of H-pyrrole nitrogens is 3. The SMILES string of the molecule is C[C@@H](O)[C@H](NC(=O)[C@H](Cc1ccccc1)NC(=O)[C@H](Cc1c[nH]c2ccccc12)NC(=O)[C@H](CCCNC(=N)N)NC(=O)[C@@H](NC(=O)[C@H](Cc1c[nH]c2ccccc12)NC(=O)[C@H](CCCNC(=N)N)NC(=O)[C@H](CCCNC(=N)N)NC(=O)[C@H](Cc1ccccc1)NC(=O)[C@@H](N)Cc1c[nH]c2ccccc12)[C@@H](C)O)C(=O)O. The van der Waals surface area contributed by atoms with Crippen LogP contribution < -0.4 is 86.7 Å². The van der Waals surface area contributed by atoms with E-state index in [2.05, 4.69) is 78.8 Å². The molecule has 9 amide bonds. The maximum Gasteiger partial charge on any atom is 0.328 e. The van der Waals surface area contributed by atoms with Crippen molar-refractivity contribution in [3.8, 4) is 0 Å². The van der Waals surface area contributed by atoms with E-state index in [9.17, 15) is 48.9 Å². The highest BCUT2D eigenvalue weighted by molar-refractivity contribution is 6.00. The lowest BCUT2D eigenvalue weighted by atomic mass is 10.0. The fourth-order valence-corrected chi connectivity index (χ4v) is 12.8. The Hall–Kier alpha value is -12.9. The van der Waals surface area contributed by atoms with Gasteiger partial charge in [-0.05, 0) is 105 Å². The predicted octanol–water partition coefficient (Wildman–Crippen LogP) is -1.03. The summed E-state index contributed by atoms with van der Waals surface area (Å²) in [7, 11) is 0. The van der Waals surface area contributed by atoms with Crippen LogP contribution in [0.25, 0.3) is 32.7 Å². The van der Waals surface area contributed by atoms with Gasteiger partial charge in [-0.1, -0.05) is 115 Å². The predicted molar refractivity (Wildman–Crippen MR) is 420 cm³/mol. The van der Waals surface area contributed by atoms with Gasteiger partial charge in [0.05, 0.1) is 18.2 Å². The van der Waals surface area contributed by atoms with Gasteiger partial charge in [0.2, 0.25) is 53.2 Å². The third-order valence-electron chi connectivity index (χ3n) is 18.7. The largest absolute Gasteiger partial charge is 0.480 e. The molecule has 12 atom stereocenters. The minimum atomic E-state index is -1.92. The van der Waals surface area contributed by atoms with Gasteiger partial charge in [0.15, 0.2) is 23.9 Å². The summed E-state index contributed by atoms with van der Waals surface area (Å²) in [4.78, 5) is 155. The van der Waals surface area contributed by atoms with Crippen LogP contribution in [0.2, 0.25) is 0 Å². The number of aliphatic hydroxyl groups is 2. The number of aromatic nitrogens is 3. The number of nitrogens with two attached hydrogens (primary N) is 4. The number of rotatable bonds is 43. The molecule has 35 nitrogen and oxygen atoms in total. The first-order valence-electron chi connectivity index (χ1n) is 36.7. The van der Waals surface area contributed by atoms with Gasteiger partial charge in [-0.3, -0.25) is 59.4 Å². The highest BCUT2D eigenvalue weighted by Gasteiger charge is 2.38. The third-order valence-corrected chi connectivity index (χ3v) is 18.7. The Morgan fingerprint density at radius 2 is 0.634 bits per heavy atom. The molecule has 0 aliphatic carbocycles. The Balaban J connectivity index is 1.07. The van der Waals surface area contributed by atoms with Crippen molar-refractivity contribution in [2.45, 2.75) is 157 Å². The minimum Gasteiger partial charge on any atom is -0.480 e. The molecule has 0 saturated carbocycles. The van der Waals surface area contributed by atoms with Gasteiger partial charge in [0, 0.05) is 96.6 Å². The number of carboxylic acid groups (broad SMARTS) is 1. The van der Waals surface area contributed by atoms with Gasteiger partial charge >= 0.3 is 5.97 Å². The van der Waals surface area contributed by atoms with E-state index in [1.165, 1.54) is 6.92 Å². The summed E-state index contributed by atoms with van der Waals surface area (Å²) in [5.74, 6) is -11.2. The van der Waals surface area contributed by atoms with Crippen molar-refractivity contribution in [1.82, 2.24) is 78.8 Å². The standard InChI is InChI=1S/C77H100N22O13/c1-42(100)63(73(110)93-58(30-17-33-87-77(83)84)68(105)96-61(37-47-40-89-54-26-13-10-23-50(47)54)70(107)95-60(35-45-20-7-4-8-21-45)71(108)99-64(43(2)101)74(111)112)98-72(109)62(38-48-41-90-55-27-14-11-24-51(48)55)97-67(104)57(29-16-32-86-76(81)82)91-66(103)56(28-15-31-85-75(79)80)92-69(106)59(34-44-18-5-3-6-19-44)94-65(102)52(78)36-46-39-88-53-25-12-9-22-49(46)53/h3-14,18-27,39-43,52,56-64,88-90,100-101H,15-17,28-38,78H2,1-2H3,(H,91,103)(H,92,106)(H,93,110)(H,94,102)(H,95,107)(H,96,105)(H,97,104)(H,98,109)(H,99,108)(H,111,112)(H4,79,80,85)(H4,81,82,86)(H4,83,84,87)/t42-,43-,52+,56+,57+,58+,59+,60+,61+,62+,63+,64+/m1/s1. The van der Waals surface area contributed by atoms with E-state index in [0.717, 1.165) is 23.4 Å². The summed E-state index contributed by atoms with van der Waals surface area (Å²) in [5.41, 5.74) is 28.4. The van der Waals surface area contributed by atoms with Crippen LogP contribution in [0.1, 0.15) is 80.2 Å². The molecule has 596 valence electrons. The summed E-state index contributed by atoms with van der Waals surface area (Å²) >= 11 is 0. The summed E-state index contributed by atoms with van der Waals surface area (Å²) < 4.78 is 0. The first-order chi connectivity index (χ1) is 53.6. The summed E-state index contributed by atoms with van der Waals surface area (Å²) in [6, 6.07) is 23.3. The molecular formula is C77H100N22O13. The number of nitrogens with one attached hydrogen (secondary N) is 18. The summed E-state index contributed by atoms with van der Waals surface area (Å²) in [6.45, 7) is 2.40. The molecule has 0 fully saturated rings. The molecule has 0 aliphatic rings. The van der Waals surface area contributed by atoms with Crippen molar-refractivity contribution >= 4 is 110 Å². The van der Waals surface area contributed by atoms with Crippen LogP contribution in [0.4, 0.5) is 0 Å². The van der Waals surface area contributed by atoms with Gasteiger partial charge in [-0.25, -0.2) is 4.79 Å². The number of hydrogen-bond acceptors (Lipinski definition) is 16. The molecule has 0 bridgehead atoms. The van der Waals surface area contributed by atoms with Crippen molar-refractivity contribution in [3.63, 3.8) is 0 Å². The van der Waals surface area contributed by atoms with Crippen molar-refractivity contribution in [2.24, 2.45) is 22.9 Å². The van der Waals surface area contributed by atoms with Crippen LogP contribution in [-0.4, -0.2) is 200 Å². The molecule has 0 radical (unpaired) electrons. The molecule has 5 aromatic carbocycles. The van der Waals surface area contributed by atoms with E-state index in [0.29, 0.717) is 44.1 Å². The number of aromatic amines is 3. The molecule has 8 rings (SSSR count). The monoisotopic (exact) mass is 1540 g/mol. The number of fused-ring (bicyclic) bond motifs is 3. The number of carbonyl (C=O) groups is 10. The van der Waals surface area contributed by atoms with Gasteiger partial charge in [-0.15, -0.1) is 0 Å². The Bertz CT molecular complexity index is 4590. The number of benzene rings is 5. The number of carbonyl (C=O) groups excluding carboxylic acids is 9. The lowest BCUT2D eigenvalue weighted by Gasteiger charge is -2.29. The maximum absolute atomic E-state index is 15.2. The highest BCUT2D eigenvalue weighted by atomic mass is 16.4. The van der Waals surface area contributed by atoms with Crippen LogP contribution >= 0.6 is 0 Å². The Labute approximate surface area is 644 Å². The van der Waals surface area contributed by atoms with Crippen molar-refractivity contribution in [3.05, 3.63) is 180 Å². The summed E-state index contributed by atoms with van der Waals surface area (Å²) in [5, 5.41) is 89.1. The molecule has 29 N–H and O–H groups in total. The van der Waals surface area contributed by atoms with Crippen molar-refractivity contribution in [2.75, 3.05) is 19.6 Å². The van der Waals surface area contributed by atoms with Gasteiger partial charge < -0.3 is 117 Å².